The van der Waals surface area contributed by atoms with E-state index < -0.39 is 6.10 Å². The molecule has 1 atom stereocenters. The molecule has 0 amide bonds. The van der Waals surface area contributed by atoms with E-state index in [4.69, 9.17) is 14.2 Å². The van der Waals surface area contributed by atoms with Crippen molar-refractivity contribution in [1.29, 1.82) is 0 Å². The van der Waals surface area contributed by atoms with Gasteiger partial charge in [0.1, 0.15) is 13.2 Å². The number of rotatable bonds is 58. The van der Waals surface area contributed by atoms with E-state index in [1.807, 2.05) is 0 Å². The van der Waals surface area contributed by atoms with E-state index in [9.17, 15) is 14.4 Å². The zero-order chi connectivity index (χ0) is 49.3. The fourth-order valence-corrected chi connectivity index (χ4v) is 9.68. The van der Waals surface area contributed by atoms with E-state index in [2.05, 4.69) is 20.8 Å². The molecule has 6 heteroatoms. The highest BCUT2D eigenvalue weighted by Gasteiger charge is 2.19. The molecule has 0 bridgehead atoms. The molecule has 0 aliphatic rings. The third kappa shape index (κ3) is 55.3. The van der Waals surface area contributed by atoms with Crippen molar-refractivity contribution in [2.75, 3.05) is 13.2 Å². The second-order valence-electron chi connectivity index (χ2n) is 21.3. The van der Waals surface area contributed by atoms with E-state index >= 15 is 0 Å². The smallest absolute Gasteiger partial charge is 0.306 e. The molecular formula is C62H120O6. The molecule has 0 heterocycles. The van der Waals surface area contributed by atoms with Gasteiger partial charge in [-0.2, -0.15) is 0 Å². The molecule has 68 heavy (non-hydrogen) atoms. The summed E-state index contributed by atoms with van der Waals surface area (Å²) < 4.78 is 16.9. The van der Waals surface area contributed by atoms with Gasteiger partial charge in [0.25, 0.3) is 0 Å². The third-order valence-corrected chi connectivity index (χ3v) is 14.4. The Labute approximate surface area is 425 Å². The average Bonchev–Trinajstić information content (AvgIpc) is 3.34. The van der Waals surface area contributed by atoms with Gasteiger partial charge in [0.15, 0.2) is 6.10 Å². The van der Waals surface area contributed by atoms with Crippen LogP contribution in [0, 0.1) is 0 Å². The summed E-state index contributed by atoms with van der Waals surface area (Å²) in [5.74, 6) is -0.830. The Morgan fingerprint density at radius 2 is 0.397 bits per heavy atom. The van der Waals surface area contributed by atoms with E-state index in [0.717, 1.165) is 57.8 Å². The van der Waals surface area contributed by atoms with Crippen molar-refractivity contribution in [2.24, 2.45) is 0 Å². The standard InChI is InChI=1S/C62H120O6/c1-4-7-10-13-16-19-22-25-27-28-29-30-31-32-33-34-35-36-38-40-43-46-49-52-55-61(64)67-58-59(57-66-60(63)54-51-48-45-42-39-24-21-18-15-12-9-6-3)68-62(65)56-53-50-47-44-41-37-26-23-20-17-14-11-8-5-2/h59H,4-58H2,1-3H3. The zero-order valence-corrected chi connectivity index (χ0v) is 46.4. The van der Waals surface area contributed by atoms with Gasteiger partial charge in [-0.1, -0.05) is 323 Å². The Hall–Kier alpha value is -1.59. The van der Waals surface area contributed by atoms with Gasteiger partial charge in [-0.15, -0.1) is 0 Å². The van der Waals surface area contributed by atoms with Crippen LogP contribution in [0.3, 0.4) is 0 Å². The lowest BCUT2D eigenvalue weighted by Gasteiger charge is -2.18. The number of esters is 3. The van der Waals surface area contributed by atoms with Crippen molar-refractivity contribution in [3.8, 4) is 0 Å². The van der Waals surface area contributed by atoms with Crippen LogP contribution in [0.15, 0.2) is 0 Å². The lowest BCUT2D eigenvalue weighted by atomic mass is 10.0. The van der Waals surface area contributed by atoms with E-state index in [0.29, 0.717) is 19.3 Å². The molecule has 1 unspecified atom stereocenters. The lowest BCUT2D eigenvalue weighted by Crippen LogP contribution is -2.30. The summed E-state index contributed by atoms with van der Waals surface area (Å²) in [7, 11) is 0. The van der Waals surface area contributed by atoms with Gasteiger partial charge in [-0.25, -0.2) is 0 Å². The molecule has 0 saturated heterocycles. The molecule has 0 aliphatic heterocycles. The van der Waals surface area contributed by atoms with Gasteiger partial charge < -0.3 is 14.2 Å². The highest BCUT2D eigenvalue weighted by Crippen LogP contribution is 2.18. The fourth-order valence-electron chi connectivity index (χ4n) is 9.68. The van der Waals surface area contributed by atoms with Crippen LogP contribution in [-0.2, 0) is 28.6 Å². The Morgan fingerprint density at radius 1 is 0.235 bits per heavy atom. The Bertz CT molecular complexity index is 1010. The van der Waals surface area contributed by atoms with Crippen molar-refractivity contribution in [2.45, 2.75) is 367 Å². The Morgan fingerprint density at radius 3 is 0.588 bits per heavy atom. The molecule has 0 aromatic carbocycles. The monoisotopic (exact) mass is 961 g/mol. The zero-order valence-electron chi connectivity index (χ0n) is 46.4. The molecular weight excluding hydrogens is 841 g/mol. The molecule has 0 aromatic rings. The minimum absolute atomic E-state index is 0.0609. The van der Waals surface area contributed by atoms with Crippen molar-refractivity contribution in [3.63, 3.8) is 0 Å². The number of unbranched alkanes of at least 4 members (excludes halogenated alkanes) is 47. The topological polar surface area (TPSA) is 78.9 Å². The summed E-state index contributed by atoms with van der Waals surface area (Å²) in [5.41, 5.74) is 0. The number of carbonyl (C=O) groups is 3. The lowest BCUT2D eigenvalue weighted by molar-refractivity contribution is -0.167. The maximum Gasteiger partial charge on any atom is 0.306 e. The minimum atomic E-state index is -0.761. The van der Waals surface area contributed by atoms with Gasteiger partial charge in [0, 0.05) is 19.3 Å². The summed E-state index contributed by atoms with van der Waals surface area (Å²) in [5, 5.41) is 0. The van der Waals surface area contributed by atoms with Crippen molar-refractivity contribution >= 4 is 17.9 Å². The van der Waals surface area contributed by atoms with E-state index in [-0.39, 0.29) is 31.1 Å². The number of hydrogen-bond donors (Lipinski definition) is 0. The van der Waals surface area contributed by atoms with Crippen LogP contribution in [-0.4, -0.2) is 37.2 Å². The molecule has 0 fully saturated rings. The number of ether oxygens (including phenoxy) is 3. The van der Waals surface area contributed by atoms with Crippen molar-refractivity contribution in [1.82, 2.24) is 0 Å². The average molecular weight is 962 g/mol. The summed E-state index contributed by atoms with van der Waals surface area (Å²) in [6.07, 6.45) is 65.4. The van der Waals surface area contributed by atoms with Crippen LogP contribution in [0.1, 0.15) is 361 Å². The molecule has 6 nitrogen and oxygen atoms in total. The fraction of sp³-hybridized carbons (Fsp3) is 0.952. The van der Waals surface area contributed by atoms with E-state index in [1.54, 1.807) is 0 Å². The second-order valence-corrected chi connectivity index (χ2v) is 21.3. The normalized spacial score (nSPS) is 11.9. The molecule has 0 aromatic heterocycles. The van der Waals surface area contributed by atoms with Crippen LogP contribution in [0.25, 0.3) is 0 Å². The molecule has 0 saturated carbocycles. The summed E-state index contributed by atoms with van der Waals surface area (Å²) in [6, 6.07) is 0. The largest absolute Gasteiger partial charge is 0.462 e. The van der Waals surface area contributed by atoms with Crippen molar-refractivity contribution < 1.29 is 28.6 Å². The molecule has 0 N–H and O–H groups in total. The maximum absolute atomic E-state index is 12.8. The number of carbonyl (C=O) groups excluding carboxylic acids is 3. The van der Waals surface area contributed by atoms with E-state index in [1.165, 1.54) is 263 Å². The Balaban J connectivity index is 4.16. The first kappa shape index (κ1) is 66.4. The first-order valence-electron chi connectivity index (χ1n) is 31.0. The molecule has 0 aliphatic carbocycles. The summed E-state index contributed by atoms with van der Waals surface area (Å²) in [6.45, 7) is 6.71. The second kappa shape index (κ2) is 58.0. The van der Waals surface area contributed by atoms with Gasteiger partial charge in [-0.3, -0.25) is 14.4 Å². The highest BCUT2D eigenvalue weighted by molar-refractivity contribution is 5.71. The minimum Gasteiger partial charge on any atom is -0.462 e. The first-order valence-corrected chi connectivity index (χ1v) is 31.0. The quantitative estimate of drug-likeness (QED) is 0.0343. The van der Waals surface area contributed by atoms with Gasteiger partial charge in [-0.05, 0) is 19.3 Å². The molecule has 0 radical (unpaired) electrons. The SMILES string of the molecule is CCCCCCCCCCCCCCCCCCCCCCCCCCC(=O)OCC(COC(=O)CCCCCCCCCCCCCC)OC(=O)CCCCCCCCCCCCCCCC. The van der Waals surface area contributed by atoms with Gasteiger partial charge >= 0.3 is 17.9 Å². The maximum atomic E-state index is 12.8. The van der Waals surface area contributed by atoms with Crippen LogP contribution in [0.2, 0.25) is 0 Å². The Kier molecular flexibility index (Phi) is 56.6. The predicted octanol–water partition coefficient (Wildman–Crippen LogP) is 20.7. The summed E-state index contributed by atoms with van der Waals surface area (Å²) in [4.78, 5) is 38.2. The van der Waals surface area contributed by atoms with Crippen LogP contribution in [0.5, 0.6) is 0 Å². The van der Waals surface area contributed by atoms with Crippen LogP contribution >= 0.6 is 0 Å². The predicted molar refractivity (Wildman–Crippen MR) is 294 cm³/mol. The van der Waals surface area contributed by atoms with Crippen molar-refractivity contribution in [3.05, 3.63) is 0 Å². The highest BCUT2D eigenvalue weighted by atomic mass is 16.6. The van der Waals surface area contributed by atoms with Crippen LogP contribution < -0.4 is 0 Å². The molecule has 0 spiro atoms. The molecule has 0 rings (SSSR count). The summed E-state index contributed by atoms with van der Waals surface area (Å²) >= 11 is 0. The van der Waals surface area contributed by atoms with Crippen LogP contribution in [0.4, 0.5) is 0 Å². The molecule has 404 valence electrons. The van der Waals surface area contributed by atoms with Gasteiger partial charge in [0.2, 0.25) is 0 Å². The third-order valence-electron chi connectivity index (χ3n) is 14.4. The number of hydrogen-bond acceptors (Lipinski definition) is 6. The van der Waals surface area contributed by atoms with Gasteiger partial charge in [0.05, 0.1) is 0 Å². The first-order chi connectivity index (χ1) is 33.5.